The minimum Gasteiger partial charge on any atom is -0.485 e. The molecule has 2 aliphatic rings. The first-order chi connectivity index (χ1) is 6.86. The Morgan fingerprint density at radius 1 is 1.07 bits per heavy atom. The zero-order valence-electron chi connectivity index (χ0n) is 7.87. The van der Waals surface area contributed by atoms with Crippen LogP contribution in [0, 0.1) is 0 Å². The van der Waals surface area contributed by atoms with Gasteiger partial charge in [0.25, 0.3) is 0 Å². The van der Waals surface area contributed by atoms with Crippen LogP contribution in [0.2, 0.25) is 0 Å². The summed E-state index contributed by atoms with van der Waals surface area (Å²) in [5, 5.41) is 0. The standard InChI is InChI=1S/C11H10O3/c1-7-4-5-12-10-8(7)2-3-9-11(10)14-6-13-9/h2-4H,5-6H2,1H3. The van der Waals surface area contributed by atoms with E-state index < -0.39 is 0 Å². The van der Waals surface area contributed by atoms with Crippen molar-refractivity contribution < 1.29 is 14.2 Å². The van der Waals surface area contributed by atoms with Gasteiger partial charge in [0.1, 0.15) is 6.61 Å². The number of hydrogen-bond acceptors (Lipinski definition) is 3. The Balaban J connectivity index is 2.24. The summed E-state index contributed by atoms with van der Waals surface area (Å²) in [6.45, 7) is 2.97. The monoisotopic (exact) mass is 190 g/mol. The van der Waals surface area contributed by atoms with Crippen molar-refractivity contribution in [2.24, 2.45) is 0 Å². The van der Waals surface area contributed by atoms with Crippen LogP contribution in [0.1, 0.15) is 12.5 Å². The van der Waals surface area contributed by atoms with E-state index in [1.807, 2.05) is 12.1 Å². The molecule has 3 heteroatoms. The summed E-state index contributed by atoms with van der Waals surface area (Å²) in [6.07, 6.45) is 2.06. The Bertz CT molecular complexity index is 421. The van der Waals surface area contributed by atoms with E-state index in [-0.39, 0.29) is 6.79 Å². The molecule has 0 aromatic heterocycles. The molecule has 3 nitrogen and oxygen atoms in total. The minimum absolute atomic E-state index is 0.290. The number of rotatable bonds is 0. The molecule has 2 aliphatic heterocycles. The molecule has 0 fully saturated rings. The number of hydrogen-bond donors (Lipinski definition) is 0. The molecule has 72 valence electrons. The van der Waals surface area contributed by atoms with Crippen molar-refractivity contribution in [3.05, 3.63) is 23.8 Å². The lowest BCUT2D eigenvalue weighted by atomic mass is 10.0. The van der Waals surface area contributed by atoms with E-state index in [1.54, 1.807) is 0 Å². The van der Waals surface area contributed by atoms with Crippen LogP contribution >= 0.6 is 0 Å². The van der Waals surface area contributed by atoms with Gasteiger partial charge in [0.2, 0.25) is 12.5 Å². The van der Waals surface area contributed by atoms with Crippen molar-refractivity contribution in [2.75, 3.05) is 13.4 Å². The van der Waals surface area contributed by atoms with Gasteiger partial charge in [-0.15, -0.1) is 0 Å². The van der Waals surface area contributed by atoms with Crippen LogP contribution in [0.4, 0.5) is 0 Å². The van der Waals surface area contributed by atoms with Crippen LogP contribution < -0.4 is 14.2 Å². The van der Waals surface area contributed by atoms with E-state index in [4.69, 9.17) is 14.2 Å². The smallest absolute Gasteiger partial charge is 0.231 e. The van der Waals surface area contributed by atoms with Gasteiger partial charge >= 0.3 is 0 Å². The van der Waals surface area contributed by atoms with Gasteiger partial charge in [-0.25, -0.2) is 0 Å². The maximum Gasteiger partial charge on any atom is 0.231 e. The largest absolute Gasteiger partial charge is 0.485 e. The van der Waals surface area contributed by atoms with E-state index in [9.17, 15) is 0 Å². The summed E-state index contributed by atoms with van der Waals surface area (Å²) in [4.78, 5) is 0. The van der Waals surface area contributed by atoms with Crippen LogP contribution in [0.3, 0.4) is 0 Å². The van der Waals surface area contributed by atoms with Crippen LogP contribution in [0.25, 0.3) is 5.57 Å². The van der Waals surface area contributed by atoms with Gasteiger partial charge in [-0.3, -0.25) is 0 Å². The van der Waals surface area contributed by atoms with Gasteiger partial charge in [0.15, 0.2) is 11.5 Å². The first-order valence-electron chi connectivity index (χ1n) is 4.59. The highest BCUT2D eigenvalue weighted by Gasteiger charge is 2.24. The van der Waals surface area contributed by atoms with Crippen LogP contribution in [-0.4, -0.2) is 13.4 Å². The molecule has 0 saturated heterocycles. The minimum atomic E-state index is 0.290. The van der Waals surface area contributed by atoms with Gasteiger partial charge in [-0.05, 0) is 30.7 Å². The third-order valence-electron chi connectivity index (χ3n) is 2.54. The molecule has 0 radical (unpaired) electrons. The molecule has 0 saturated carbocycles. The molecule has 1 aromatic carbocycles. The lowest BCUT2D eigenvalue weighted by Crippen LogP contribution is -2.04. The molecule has 1 aromatic rings. The second-order valence-electron chi connectivity index (χ2n) is 3.37. The molecule has 0 amide bonds. The fourth-order valence-electron chi connectivity index (χ4n) is 1.76. The van der Waals surface area contributed by atoms with E-state index >= 15 is 0 Å². The average Bonchev–Trinajstić information content (AvgIpc) is 2.66. The lowest BCUT2D eigenvalue weighted by molar-refractivity contribution is 0.170. The van der Waals surface area contributed by atoms with E-state index in [2.05, 4.69) is 13.0 Å². The summed E-state index contributed by atoms with van der Waals surface area (Å²) in [5.41, 5.74) is 2.32. The van der Waals surface area contributed by atoms with Crippen molar-refractivity contribution in [1.29, 1.82) is 0 Å². The van der Waals surface area contributed by atoms with Gasteiger partial charge in [0, 0.05) is 5.56 Å². The van der Waals surface area contributed by atoms with Crippen molar-refractivity contribution in [1.82, 2.24) is 0 Å². The Morgan fingerprint density at radius 3 is 2.93 bits per heavy atom. The summed E-state index contributed by atoms with van der Waals surface area (Å²) in [5.74, 6) is 2.34. The van der Waals surface area contributed by atoms with Crippen molar-refractivity contribution in [3.8, 4) is 17.2 Å². The Morgan fingerprint density at radius 2 is 2.00 bits per heavy atom. The predicted molar refractivity (Wildman–Crippen MR) is 51.7 cm³/mol. The van der Waals surface area contributed by atoms with Gasteiger partial charge in [-0.1, -0.05) is 0 Å². The zero-order chi connectivity index (χ0) is 9.54. The maximum absolute atomic E-state index is 5.56. The summed E-state index contributed by atoms with van der Waals surface area (Å²) >= 11 is 0. The van der Waals surface area contributed by atoms with Crippen molar-refractivity contribution in [2.45, 2.75) is 6.92 Å². The number of ether oxygens (including phenoxy) is 3. The highest BCUT2D eigenvalue weighted by Crippen LogP contribution is 2.46. The topological polar surface area (TPSA) is 27.7 Å². The normalized spacial score (nSPS) is 17.1. The first kappa shape index (κ1) is 7.74. The molecule has 0 bridgehead atoms. The third kappa shape index (κ3) is 0.923. The molecular formula is C11H10O3. The van der Waals surface area contributed by atoms with Gasteiger partial charge in [0.05, 0.1) is 0 Å². The van der Waals surface area contributed by atoms with Crippen LogP contribution in [-0.2, 0) is 0 Å². The summed E-state index contributed by atoms with van der Waals surface area (Å²) in [6, 6.07) is 3.93. The Kier molecular flexibility index (Phi) is 1.48. The second kappa shape index (κ2) is 2.67. The first-order valence-corrected chi connectivity index (χ1v) is 4.59. The molecule has 14 heavy (non-hydrogen) atoms. The molecule has 2 heterocycles. The molecule has 0 atom stereocenters. The molecule has 0 aliphatic carbocycles. The highest BCUT2D eigenvalue weighted by atomic mass is 16.7. The average molecular weight is 190 g/mol. The van der Waals surface area contributed by atoms with Crippen molar-refractivity contribution in [3.63, 3.8) is 0 Å². The van der Waals surface area contributed by atoms with E-state index in [0.717, 1.165) is 22.8 Å². The zero-order valence-corrected chi connectivity index (χ0v) is 7.87. The fraction of sp³-hybridized carbons (Fsp3) is 0.273. The molecule has 0 spiro atoms. The van der Waals surface area contributed by atoms with Gasteiger partial charge < -0.3 is 14.2 Å². The van der Waals surface area contributed by atoms with E-state index in [0.29, 0.717) is 6.61 Å². The summed E-state index contributed by atoms with van der Waals surface area (Å²) in [7, 11) is 0. The maximum atomic E-state index is 5.56. The highest BCUT2D eigenvalue weighted by molar-refractivity contribution is 5.75. The van der Waals surface area contributed by atoms with Crippen molar-refractivity contribution >= 4 is 5.57 Å². The van der Waals surface area contributed by atoms with Gasteiger partial charge in [-0.2, -0.15) is 0 Å². The summed E-state index contributed by atoms with van der Waals surface area (Å²) < 4.78 is 16.2. The van der Waals surface area contributed by atoms with Crippen LogP contribution in [0.5, 0.6) is 17.2 Å². The lowest BCUT2D eigenvalue weighted by Gasteiger charge is -2.17. The Labute approximate surface area is 81.9 Å². The van der Waals surface area contributed by atoms with E-state index in [1.165, 1.54) is 5.57 Å². The molecule has 0 N–H and O–H groups in total. The SMILES string of the molecule is CC1=CCOc2c1ccc1c2OCO1. The third-order valence-corrected chi connectivity index (χ3v) is 2.54. The molecule has 3 rings (SSSR count). The number of allylic oxidation sites excluding steroid dienone is 1. The quantitative estimate of drug-likeness (QED) is 0.627. The van der Waals surface area contributed by atoms with Crippen LogP contribution in [0.15, 0.2) is 18.2 Å². The number of benzene rings is 1. The fourth-order valence-corrected chi connectivity index (χ4v) is 1.76. The second-order valence-corrected chi connectivity index (χ2v) is 3.37. The number of fused-ring (bicyclic) bond motifs is 3. The Hall–Kier alpha value is -1.64. The predicted octanol–water partition coefficient (Wildman–Crippen LogP) is 2.21. The molecule has 0 unspecified atom stereocenters. The molecular weight excluding hydrogens is 180 g/mol.